The molecule has 2 heterocycles. The molecule has 0 atom stereocenters. The highest BCUT2D eigenvalue weighted by Gasteiger charge is 2.10. The van der Waals surface area contributed by atoms with Crippen molar-refractivity contribution in [3.63, 3.8) is 0 Å². The molecule has 0 bridgehead atoms. The van der Waals surface area contributed by atoms with Crippen LogP contribution in [0.1, 0.15) is 5.76 Å². The van der Waals surface area contributed by atoms with Crippen molar-refractivity contribution in [1.29, 1.82) is 0 Å². The van der Waals surface area contributed by atoms with Crippen LogP contribution in [0.25, 0.3) is 33.3 Å². The summed E-state index contributed by atoms with van der Waals surface area (Å²) in [6.07, 6.45) is 3.34. The molecule has 0 N–H and O–H groups in total. The summed E-state index contributed by atoms with van der Waals surface area (Å²) in [5.41, 5.74) is 5.94. The van der Waals surface area contributed by atoms with Gasteiger partial charge >= 0.3 is 0 Å². The minimum absolute atomic E-state index is 0.702. The first-order chi connectivity index (χ1) is 14.8. The topological polar surface area (TPSA) is 38.4 Å². The Morgan fingerprint density at radius 3 is 2.40 bits per heavy atom. The Hall–Kier alpha value is -3.69. The molecule has 30 heavy (non-hydrogen) atoms. The lowest BCUT2D eigenvalue weighted by atomic mass is 9.98. The summed E-state index contributed by atoms with van der Waals surface area (Å²) in [7, 11) is 0. The molecule has 5 aromatic rings. The van der Waals surface area contributed by atoms with E-state index in [2.05, 4.69) is 23.2 Å². The minimum Gasteiger partial charge on any atom is -0.463 e. The number of furan rings is 1. The van der Waals surface area contributed by atoms with Crippen molar-refractivity contribution in [1.82, 2.24) is 4.98 Å². The summed E-state index contributed by atoms with van der Waals surface area (Å²) in [6.45, 7) is 0. The van der Waals surface area contributed by atoms with E-state index in [9.17, 15) is 0 Å². The smallest absolute Gasteiger partial charge is 0.144 e. The molecule has 0 unspecified atom stereocenters. The van der Waals surface area contributed by atoms with Gasteiger partial charge in [-0.1, -0.05) is 54.1 Å². The van der Waals surface area contributed by atoms with Crippen LogP contribution in [0.15, 0.2) is 107 Å². The van der Waals surface area contributed by atoms with Gasteiger partial charge in [0.1, 0.15) is 5.76 Å². The highest BCUT2D eigenvalue weighted by molar-refractivity contribution is 6.31. The fourth-order valence-electron chi connectivity index (χ4n) is 3.42. The van der Waals surface area contributed by atoms with Gasteiger partial charge in [-0.25, -0.2) is 4.98 Å². The molecule has 0 saturated carbocycles. The minimum atomic E-state index is 0.702. The zero-order chi connectivity index (χ0) is 20.3. The van der Waals surface area contributed by atoms with Crippen LogP contribution in [0.3, 0.4) is 0 Å². The summed E-state index contributed by atoms with van der Waals surface area (Å²) in [4.78, 5) is 9.33. The maximum atomic E-state index is 6.27. The van der Waals surface area contributed by atoms with Crippen LogP contribution in [0.2, 0.25) is 5.02 Å². The third kappa shape index (κ3) is 3.76. The van der Waals surface area contributed by atoms with E-state index in [1.54, 1.807) is 12.5 Å². The van der Waals surface area contributed by atoms with Crippen molar-refractivity contribution in [2.45, 2.75) is 0 Å². The summed E-state index contributed by atoms with van der Waals surface area (Å²) in [5.74, 6) is 0.724. The number of aromatic nitrogens is 1. The largest absolute Gasteiger partial charge is 0.463 e. The summed E-state index contributed by atoms with van der Waals surface area (Å²) < 4.78 is 5.28. The second-order valence-corrected chi connectivity index (χ2v) is 7.34. The average molecular weight is 409 g/mol. The molecule has 3 aromatic carbocycles. The molecular formula is C26H17ClN2O. The number of pyridine rings is 1. The van der Waals surface area contributed by atoms with Crippen molar-refractivity contribution < 1.29 is 4.42 Å². The van der Waals surface area contributed by atoms with E-state index in [1.807, 2.05) is 72.8 Å². The first-order valence-electron chi connectivity index (χ1n) is 9.60. The molecule has 4 heteroatoms. The summed E-state index contributed by atoms with van der Waals surface area (Å²) in [6, 6.07) is 30.0. The normalized spacial score (nSPS) is 11.4. The first kappa shape index (κ1) is 18.3. The van der Waals surface area contributed by atoms with Crippen LogP contribution in [0.5, 0.6) is 0 Å². The molecule has 3 nitrogen and oxygen atoms in total. The number of halogens is 1. The van der Waals surface area contributed by atoms with Gasteiger partial charge in [0.05, 0.1) is 29.4 Å². The quantitative estimate of drug-likeness (QED) is 0.287. The molecular weight excluding hydrogens is 392 g/mol. The second kappa shape index (κ2) is 7.97. The molecule has 0 amide bonds. The summed E-state index contributed by atoms with van der Waals surface area (Å²) in [5, 5.41) is 1.74. The molecule has 0 aliphatic carbocycles. The van der Waals surface area contributed by atoms with Crippen molar-refractivity contribution in [3.05, 3.63) is 108 Å². The van der Waals surface area contributed by atoms with E-state index in [0.717, 1.165) is 44.7 Å². The monoisotopic (exact) mass is 408 g/mol. The van der Waals surface area contributed by atoms with E-state index in [-0.39, 0.29) is 0 Å². The molecule has 0 fully saturated rings. The Morgan fingerprint density at radius 2 is 1.63 bits per heavy atom. The van der Waals surface area contributed by atoms with E-state index < -0.39 is 0 Å². The number of rotatable bonds is 4. The van der Waals surface area contributed by atoms with Crippen LogP contribution in [0.4, 0.5) is 5.69 Å². The van der Waals surface area contributed by atoms with Gasteiger partial charge in [0, 0.05) is 16.0 Å². The third-order valence-electron chi connectivity index (χ3n) is 4.90. The van der Waals surface area contributed by atoms with Crippen molar-refractivity contribution in [2.75, 3.05) is 0 Å². The molecule has 2 aromatic heterocycles. The number of aliphatic imine (C=N–C) groups is 1. The number of nitrogens with zero attached hydrogens (tertiary/aromatic N) is 2. The number of hydrogen-bond acceptors (Lipinski definition) is 3. The van der Waals surface area contributed by atoms with Crippen molar-refractivity contribution >= 4 is 34.4 Å². The maximum Gasteiger partial charge on any atom is 0.144 e. The molecule has 0 spiro atoms. The molecule has 0 aliphatic heterocycles. The molecule has 0 saturated heterocycles. The van der Waals surface area contributed by atoms with E-state index in [1.165, 1.54) is 0 Å². The van der Waals surface area contributed by atoms with Gasteiger partial charge in [0.25, 0.3) is 0 Å². The number of benzene rings is 3. The van der Waals surface area contributed by atoms with Gasteiger partial charge in [0.15, 0.2) is 0 Å². The number of fused-ring (bicyclic) bond motifs is 1. The maximum absolute atomic E-state index is 6.27. The van der Waals surface area contributed by atoms with Gasteiger partial charge < -0.3 is 4.42 Å². The van der Waals surface area contributed by atoms with Crippen LogP contribution in [-0.2, 0) is 0 Å². The zero-order valence-corrected chi connectivity index (χ0v) is 16.8. The van der Waals surface area contributed by atoms with Crippen LogP contribution in [0, 0.1) is 0 Å². The third-order valence-corrected chi connectivity index (χ3v) is 5.14. The lowest BCUT2D eigenvalue weighted by Crippen LogP contribution is -1.90. The Labute approximate surface area is 179 Å². The zero-order valence-electron chi connectivity index (χ0n) is 16.0. The highest BCUT2D eigenvalue weighted by Crippen LogP contribution is 2.33. The van der Waals surface area contributed by atoms with Gasteiger partial charge in [-0.2, -0.15) is 0 Å². The van der Waals surface area contributed by atoms with Gasteiger partial charge in [0.2, 0.25) is 0 Å². The van der Waals surface area contributed by atoms with Gasteiger partial charge in [-0.3, -0.25) is 4.99 Å². The predicted molar refractivity (Wildman–Crippen MR) is 124 cm³/mol. The molecule has 0 radical (unpaired) electrons. The molecule has 0 aliphatic rings. The first-order valence-corrected chi connectivity index (χ1v) is 9.98. The van der Waals surface area contributed by atoms with E-state index in [0.29, 0.717) is 5.02 Å². The Bertz CT molecular complexity index is 1330. The lowest BCUT2D eigenvalue weighted by Gasteiger charge is -2.11. The highest BCUT2D eigenvalue weighted by atomic mass is 35.5. The second-order valence-electron chi connectivity index (χ2n) is 6.90. The van der Waals surface area contributed by atoms with E-state index in [4.69, 9.17) is 21.0 Å². The Kier molecular flexibility index (Phi) is 4.88. The Balaban J connectivity index is 1.57. The van der Waals surface area contributed by atoms with Crippen molar-refractivity contribution in [3.8, 4) is 22.4 Å². The SMILES string of the molecule is Clc1ccc2nc(-c3ccc(N=Cc4ccco4)cc3)cc(-c3ccccc3)c2c1. The fourth-order valence-corrected chi connectivity index (χ4v) is 3.60. The summed E-state index contributed by atoms with van der Waals surface area (Å²) >= 11 is 6.27. The Morgan fingerprint density at radius 1 is 0.800 bits per heavy atom. The lowest BCUT2D eigenvalue weighted by molar-refractivity contribution is 0.560. The number of hydrogen-bond donors (Lipinski definition) is 0. The van der Waals surface area contributed by atoms with Crippen LogP contribution >= 0.6 is 11.6 Å². The van der Waals surface area contributed by atoms with Crippen molar-refractivity contribution in [2.24, 2.45) is 4.99 Å². The van der Waals surface area contributed by atoms with Gasteiger partial charge in [-0.15, -0.1) is 0 Å². The standard InChI is InChI=1S/C26H17ClN2O/c27-20-10-13-25-24(15-20)23(18-5-2-1-3-6-18)16-26(29-25)19-8-11-21(12-9-19)28-17-22-7-4-14-30-22/h1-17H. The molecule has 5 rings (SSSR count). The van der Waals surface area contributed by atoms with E-state index >= 15 is 0 Å². The fraction of sp³-hybridized carbons (Fsp3) is 0. The van der Waals surface area contributed by atoms with Crippen LogP contribution in [-0.4, -0.2) is 11.2 Å². The van der Waals surface area contributed by atoms with Gasteiger partial charge in [-0.05, 0) is 59.7 Å². The van der Waals surface area contributed by atoms with Crippen LogP contribution < -0.4 is 0 Å². The average Bonchev–Trinajstić information content (AvgIpc) is 3.32. The molecule has 144 valence electrons. The predicted octanol–water partition coefficient (Wildman–Crippen LogP) is 7.57.